The number of rotatable bonds is 41. The fraction of sp³-hybridized carbons (Fsp3) is 0.526. The summed E-state index contributed by atoms with van der Waals surface area (Å²) in [5, 5.41) is 22.8. The maximum atomic E-state index is 12.3. The first-order valence-electron chi connectivity index (χ1n) is 24.2. The van der Waals surface area contributed by atoms with Gasteiger partial charge in [-0.15, -0.1) is 0 Å². The van der Waals surface area contributed by atoms with Gasteiger partial charge in [0.05, 0.1) is 18.8 Å². The molecule has 4 nitrogen and oxygen atoms in total. The van der Waals surface area contributed by atoms with Gasteiger partial charge in [0.25, 0.3) is 0 Å². The maximum absolute atomic E-state index is 12.3. The van der Waals surface area contributed by atoms with Gasteiger partial charge in [-0.2, -0.15) is 0 Å². The number of unbranched alkanes of at least 4 members (excludes halogenated alkanes) is 10. The Morgan fingerprint density at radius 1 is 0.410 bits per heavy atom. The number of aliphatic hydroxyl groups excluding tert-OH is 2. The predicted molar refractivity (Wildman–Crippen MR) is 271 cm³/mol. The maximum Gasteiger partial charge on any atom is 0.220 e. The van der Waals surface area contributed by atoms with Crippen LogP contribution in [0.1, 0.15) is 174 Å². The Kier molecular flexibility index (Phi) is 47.1. The summed E-state index contributed by atoms with van der Waals surface area (Å²) in [6, 6.07) is -0.653. The van der Waals surface area contributed by atoms with Crippen LogP contribution < -0.4 is 5.32 Å². The second kappa shape index (κ2) is 50.4. The molecule has 0 rings (SSSR count). The van der Waals surface area contributed by atoms with Crippen LogP contribution in [0, 0.1) is 0 Å². The molecule has 2 unspecified atom stereocenters. The van der Waals surface area contributed by atoms with Gasteiger partial charge >= 0.3 is 0 Å². The zero-order chi connectivity index (χ0) is 44.2. The van der Waals surface area contributed by atoms with E-state index in [0.717, 1.165) is 116 Å². The lowest BCUT2D eigenvalue weighted by molar-refractivity contribution is -0.123. The van der Waals surface area contributed by atoms with Crippen molar-refractivity contribution in [2.45, 2.75) is 187 Å². The number of hydrogen-bond donors (Lipinski definition) is 3. The first kappa shape index (κ1) is 57.0. The van der Waals surface area contributed by atoms with Crippen molar-refractivity contribution in [2.75, 3.05) is 6.61 Å². The van der Waals surface area contributed by atoms with E-state index in [-0.39, 0.29) is 12.5 Å². The van der Waals surface area contributed by atoms with Crippen molar-refractivity contribution in [1.82, 2.24) is 5.32 Å². The minimum atomic E-state index is -0.874. The molecular formula is C57H89NO3. The highest BCUT2D eigenvalue weighted by Gasteiger charge is 2.17. The van der Waals surface area contributed by atoms with Crippen LogP contribution in [0.4, 0.5) is 0 Å². The number of carbonyl (C=O) groups is 1. The van der Waals surface area contributed by atoms with E-state index in [4.69, 9.17) is 0 Å². The zero-order valence-electron chi connectivity index (χ0n) is 38.9. The topological polar surface area (TPSA) is 69.6 Å². The number of allylic oxidation sites excluding steroid dienone is 25. The molecule has 0 bridgehead atoms. The first-order chi connectivity index (χ1) is 30.2. The lowest BCUT2D eigenvalue weighted by Gasteiger charge is -2.19. The summed E-state index contributed by atoms with van der Waals surface area (Å²) in [6.07, 6.45) is 82.4. The largest absolute Gasteiger partial charge is 0.394 e. The highest BCUT2D eigenvalue weighted by Crippen LogP contribution is 2.11. The highest BCUT2D eigenvalue weighted by atomic mass is 16.3. The van der Waals surface area contributed by atoms with E-state index in [1.807, 2.05) is 6.08 Å². The molecule has 0 spiro atoms. The molecule has 0 aliphatic heterocycles. The van der Waals surface area contributed by atoms with Crippen molar-refractivity contribution >= 4 is 5.91 Å². The van der Waals surface area contributed by atoms with Gasteiger partial charge in [-0.25, -0.2) is 0 Å². The van der Waals surface area contributed by atoms with Crippen molar-refractivity contribution < 1.29 is 15.0 Å². The van der Waals surface area contributed by atoms with Gasteiger partial charge in [-0.05, 0) is 109 Å². The monoisotopic (exact) mass is 836 g/mol. The molecule has 0 saturated heterocycles. The summed E-state index contributed by atoms with van der Waals surface area (Å²) in [6.45, 7) is 4.08. The summed E-state index contributed by atoms with van der Waals surface area (Å²) in [5.41, 5.74) is 0. The fourth-order valence-electron chi connectivity index (χ4n) is 6.06. The molecule has 0 aromatic rings. The molecule has 0 fully saturated rings. The van der Waals surface area contributed by atoms with Crippen LogP contribution >= 0.6 is 0 Å². The molecule has 1 amide bonds. The third kappa shape index (κ3) is 46.9. The summed E-state index contributed by atoms with van der Waals surface area (Å²) in [5.74, 6) is -0.0975. The van der Waals surface area contributed by atoms with Gasteiger partial charge in [0.15, 0.2) is 0 Å². The van der Waals surface area contributed by atoms with Gasteiger partial charge < -0.3 is 15.5 Å². The summed E-state index contributed by atoms with van der Waals surface area (Å²) >= 11 is 0. The van der Waals surface area contributed by atoms with E-state index in [0.29, 0.717) is 6.42 Å². The normalized spacial score (nSPS) is 14.4. The van der Waals surface area contributed by atoms with Gasteiger partial charge in [0.2, 0.25) is 5.91 Å². The molecule has 0 saturated carbocycles. The summed E-state index contributed by atoms with van der Waals surface area (Å²) in [7, 11) is 0. The molecular weight excluding hydrogens is 747 g/mol. The Bertz CT molecular complexity index is 1360. The molecule has 340 valence electrons. The van der Waals surface area contributed by atoms with Crippen LogP contribution in [0.3, 0.4) is 0 Å². The average molecular weight is 836 g/mol. The van der Waals surface area contributed by atoms with Gasteiger partial charge in [0.1, 0.15) is 0 Å². The van der Waals surface area contributed by atoms with Crippen molar-refractivity contribution in [2.24, 2.45) is 0 Å². The standard InChI is InChI=1S/C57H89NO3/c1-3-5-7-9-11-13-14-15-16-17-18-19-20-21-22-23-24-25-26-27-28-29-30-31-32-33-34-35-36-37-38-39-40-41-42-43-44-45-47-49-51-53-57(61)58-55(54-59)56(60)52-50-48-46-12-10-8-6-4-2/h5,7,10-13,15-16,18-19,21-22,24-25,27-28,30-31,33-34,36-37,39-40,50,52,55-56,59-60H,3-4,6,8-9,14,17,20,23,26,29,32,35,38,41-49,51,53-54H2,1-2H3,(H,58,61)/b7-5-,12-10+,13-11-,16-15-,19-18-,22-21-,25-24-,28-27-,31-30-,34-33-,37-36-,40-39-,52-50+. The smallest absolute Gasteiger partial charge is 0.220 e. The molecule has 4 heteroatoms. The van der Waals surface area contributed by atoms with E-state index in [2.05, 4.69) is 165 Å². The van der Waals surface area contributed by atoms with E-state index >= 15 is 0 Å². The minimum Gasteiger partial charge on any atom is -0.394 e. The molecule has 61 heavy (non-hydrogen) atoms. The van der Waals surface area contributed by atoms with Crippen molar-refractivity contribution in [3.8, 4) is 0 Å². The Hall–Kier alpha value is -3.99. The Morgan fingerprint density at radius 2 is 0.738 bits per heavy atom. The quantitative estimate of drug-likeness (QED) is 0.0424. The van der Waals surface area contributed by atoms with E-state index in [9.17, 15) is 15.0 Å². The fourth-order valence-corrected chi connectivity index (χ4v) is 6.06. The van der Waals surface area contributed by atoms with Crippen LogP contribution in [-0.2, 0) is 4.79 Å². The summed E-state index contributed by atoms with van der Waals surface area (Å²) < 4.78 is 0. The van der Waals surface area contributed by atoms with E-state index < -0.39 is 12.1 Å². The lowest BCUT2D eigenvalue weighted by atomic mass is 10.1. The second-order valence-electron chi connectivity index (χ2n) is 15.4. The second-order valence-corrected chi connectivity index (χ2v) is 15.4. The van der Waals surface area contributed by atoms with Gasteiger partial charge in [0, 0.05) is 6.42 Å². The SMILES string of the molecule is CC/C=C\C/C=C\C/C=C\C/C=C\C/C=C\C/C=C\C/C=C\C/C=C\C/C=C\C/C=C\C/C=C\CCCCCCCCCC(=O)NC(CO)C(O)/C=C/CC/C=C/CCCC. The van der Waals surface area contributed by atoms with Crippen LogP contribution in [-0.4, -0.2) is 34.9 Å². The first-order valence-corrected chi connectivity index (χ1v) is 24.2. The molecule has 2 atom stereocenters. The molecule has 0 radical (unpaired) electrons. The van der Waals surface area contributed by atoms with Crippen LogP contribution in [0.5, 0.6) is 0 Å². The third-order valence-corrected chi connectivity index (χ3v) is 9.74. The molecule has 0 heterocycles. The number of aliphatic hydroxyl groups is 2. The predicted octanol–water partition coefficient (Wildman–Crippen LogP) is 15.8. The van der Waals surface area contributed by atoms with Gasteiger partial charge in [-0.3, -0.25) is 4.79 Å². The molecule has 0 aromatic heterocycles. The number of hydrogen-bond acceptors (Lipinski definition) is 3. The number of carbonyl (C=O) groups excluding carboxylic acids is 1. The van der Waals surface area contributed by atoms with Gasteiger partial charge in [-0.1, -0.05) is 217 Å². The third-order valence-electron chi connectivity index (χ3n) is 9.74. The Morgan fingerprint density at radius 3 is 1.15 bits per heavy atom. The average Bonchev–Trinajstić information content (AvgIpc) is 3.26. The molecule has 0 aliphatic rings. The highest BCUT2D eigenvalue weighted by molar-refractivity contribution is 5.76. The van der Waals surface area contributed by atoms with E-state index in [1.165, 1.54) is 38.5 Å². The molecule has 0 aromatic carbocycles. The van der Waals surface area contributed by atoms with Crippen molar-refractivity contribution in [3.63, 3.8) is 0 Å². The lowest BCUT2D eigenvalue weighted by Crippen LogP contribution is -2.45. The van der Waals surface area contributed by atoms with Crippen LogP contribution in [0.15, 0.2) is 158 Å². The minimum absolute atomic E-state index is 0.0975. The zero-order valence-corrected chi connectivity index (χ0v) is 38.9. The van der Waals surface area contributed by atoms with Crippen molar-refractivity contribution in [3.05, 3.63) is 158 Å². The Balaban J connectivity index is 3.68. The van der Waals surface area contributed by atoms with Crippen LogP contribution in [0.25, 0.3) is 0 Å². The Labute approximate surface area is 376 Å². The number of amides is 1. The number of nitrogens with one attached hydrogen (secondary N) is 1. The van der Waals surface area contributed by atoms with E-state index in [1.54, 1.807) is 6.08 Å². The van der Waals surface area contributed by atoms with Crippen LogP contribution in [0.2, 0.25) is 0 Å². The molecule has 3 N–H and O–H groups in total. The van der Waals surface area contributed by atoms with Crippen molar-refractivity contribution in [1.29, 1.82) is 0 Å². The molecule has 0 aliphatic carbocycles. The summed E-state index contributed by atoms with van der Waals surface area (Å²) in [4.78, 5) is 12.3.